The van der Waals surface area contributed by atoms with Crippen molar-refractivity contribution in [1.29, 1.82) is 0 Å². The second-order valence-corrected chi connectivity index (χ2v) is 16.0. The lowest BCUT2D eigenvalue weighted by Crippen LogP contribution is -2.59. The maximum atomic E-state index is 14.2. The van der Waals surface area contributed by atoms with Crippen molar-refractivity contribution >= 4 is 34.4 Å². The van der Waals surface area contributed by atoms with Crippen LogP contribution in [0.25, 0.3) is 10.8 Å². The number of pyridine rings is 1. The first-order valence-corrected chi connectivity index (χ1v) is 19.8. The van der Waals surface area contributed by atoms with Gasteiger partial charge in [-0.3, -0.25) is 29.1 Å². The lowest BCUT2D eigenvalue weighted by Gasteiger charge is -2.41. The third kappa shape index (κ3) is 11.2. The molecular weight excluding hydrogens is 684 g/mol. The number of hydrogen-bond acceptors (Lipinski definition) is 8. The third-order valence-electron chi connectivity index (χ3n) is 11.3. The van der Waals surface area contributed by atoms with E-state index in [1.165, 1.54) is 0 Å². The van der Waals surface area contributed by atoms with E-state index < -0.39 is 30.2 Å². The van der Waals surface area contributed by atoms with E-state index in [2.05, 4.69) is 35.5 Å². The maximum Gasteiger partial charge on any atom is 0.245 e. The lowest BCUT2D eigenvalue weighted by molar-refractivity contribution is -0.148. The van der Waals surface area contributed by atoms with Crippen molar-refractivity contribution in [3.8, 4) is 0 Å². The summed E-state index contributed by atoms with van der Waals surface area (Å²) in [5.74, 6) is -1.24. The molecule has 12 nitrogen and oxygen atoms in total. The van der Waals surface area contributed by atoms with Crippen molar-refractivity contribution in [3.63, 3.8) is 0 Å². The number of rotatable bonds is 20. The van der Waals surface area contributed by atoms with Gasteiger partial charge in [-0.2, -0.15) is 0 Å². The van der Waals surface area contributed by atoms with Gasteiger partial charge in [0.05, 0.1) is 42.7 Å². The Morgan fingerprint density at radius 3 is 2.19 bits per heavy atom. The molecule has 1 unspecified atom stereocenters. The minimum Gasteiger partial charge on any atom is -0.379 e. The highest BCUT2D eigenvalue weighted by atomic mass is 16.5. The Kier molecular flexibility index (Phi) is 17.3. The molecule has 54 heavy (non-hydrogen) atoms. The molecule has 2 aromatic rings. The summed E-state index contributed by atoms with van der Waals surface area (Å²) >= 11 is 0. The van der Waals surface area contributed by atoms with Crippen LogP contribution in [0.4, 0.5) is 0 Å². The first-order chi connectivity index (χ1) is 25.6. The van der Waals surface area contributed by atoms with E-state index >= 15 is 0 Å². The SMILES string of the molecule is CC[C@H](C)C([C@@H](CC(=O)N1CCC[C@H]1[C@H](OC)[C@@H](C)C(=O)NCCc1cc2ccccc2cn1)OC)N(C)C(=O)[C@@H](NC(=O)[C@H](C(C)C)N(C)C)C(C)C. The number of carbonyl (C=O) groups is 4. The predicted octanol–water partition coefficient (Wildman–Crippen LogP) is 4.54. The van der Waals surface area contributed by atoms with E-state index in [0.717, 1.165) is 29.3 Å². The predicted molar refractivity (Wildman–Crippen MR) is 214 cm³/mol. The Morgan fingerprint density at radius 1 is 0.944 bits per heavy atom. The van der Waals surface area contributed by atoms with Crippen LogP contribution in [0.15, 0.2) is 36.5 Å². The number of aromatic nitrogens is 1. The maximum absolute atomic E-state index is 14.2. The number of likely N-dealkylation sites (N-methyl/N-ethyl adjacent to an activating group) is 2. The standard InChI is InChI=1S/C42H68N6O6/c1-13-28(6)38(47(10)42(52)36(26(2)3)45-41(51)37(27(4)5)46(8)9)34(53-11)24-35(49)48-22-16-19-33(48)39(54-12)29(7)40(50)43-21-20-32-23-30-17-14-15-18-31(30)25-44-32/h14-15,17-18,23,25-29,33-34,36-39H,13,16,19-22,24H2,1-12H3,(H,43,50)(H,45,51)/t28-,29+,33-,34+,36-,37-,38?,39+/m0/s1. The van der Waals surface area contributed by atoms with Gasteiger partial charge in [0.25, 0.3) is 0 Å². The molecule has 1 saturated heterocycles. The highest BCUT2D eigenvalue weighted by molar-refractivity contribution is 5.90. The minimum atomic E-state index is -0.745. The first-order valence-electron chi connectivity index (χ1n) is 19.8. The van der Waals surface area contributed by atoms with Crippen LogP contribution in [0.3, 0.4) is 0 Å². The van der Waals surface area contributed by atoms with E-state index in [4.69, 9.17) is 9.47 Å². The number of likely N-dealkylation sites (tertiary alicyclic amines) is 1. The van der Waals surface area contributed by atoms with Gasteiger partial charge in [0.15, 0.2) is 0 Å². The van der Waals surface area contributed by atoms with Crippen LogP contribution < -0.4 is 10.6 Å². The Morgan fingerprint density at radius 2 is 1.61 bits per heavy atom. The minimum absolute atomic E-state index is 0.0000239. The van der Waals surface area contributed by atoms with E-state index in [1.54, 1.807) is 26.2 Å². The summed E-state index contributed by atoms with van der Waals surface area (Å²) in [6.07, 6.45) is 3.68. The highest BCUT2D eigenvalue weighted by Crippen LogP contribution is 2.30. The molecule has 0 aliphatic carbocycles. The fourth-order valence-electron chi connectivity index (χ4n) is 8.15. The van der Waals surface area contributed by atoms with Gasteiger partial charge in [0.2, 0.25) is 23.6 Å². The molecule has 4 amide bonds. The van der Waals surface area contributed by atoms with Crippen LogP contribution in [0.5, 0.6) is 0 Å². The third-order valence-corrected chi connectivity index (χ3v) is 11.3. The molecule has 3 rings (SSSR count). The van der Waals surface area contributed by atoms with Gasteiger partial charge in [-0.1, -0.05) is 79.2 Å². The molecule has 1 aromatic carbocycles. The first kappa shape index (κ1) is 44.8. The number of methoxy groups -OCH3 is 2. The van der Waals surface area contributed by atoms with Gasteiger partial charge < -0.3 is 29.9 Å². The van der Waals surface area contributed by atoms with Gasteiger partial charge in [-0.05, 0) is 56.1 Å². The van der Waals surface area contributed by atoms with Crippen LogP contribution >= 0.6 is 0 Å². The summed E-state index contributed by atoms with van der Waals surface area (Å²) in [7, 11) is 8.65. The lowest BCUT2D eigenvalue weighted by atomic mass is 9.89. The van der Waals surface area contributed by atoms with Crippen molar-refractivity contribution in [2.75, 3.05) is 48.5 Å². The molecule has 0 radical (unpaired) electrons. The van der Waals surface area contributed by atoms with Crippen molar-refractivity contribution in [3.05, 3.63) is 42.2 Å². The van der Waals surface area contributed by atoms with Gasteiger partial charge in [-0.25, -0.2) is 0 Å². The zero-order chi connectivity index (χ0) is 40.3. The number of amides is 4. The molecule has 1 aromatic heterocycles. The number of hydrogen-bond donors (Lipinski definition) is 2. The smallest absolute Gasteiger partial charge is 0.245 e. The van der Waals surface area contributed by atoms with E-state index in [-0.39, 0.29) is 59.9 Å². The molecule has 1 aliphatic heterocycles. The largest absolute Gasteiger partial charge is 0.379 e. The zero-order valence-corrected chi connectivity index (χ0v) is 34.9. The summed E-state index contributed by atoms with van der Waals surface area (Å²) in [5, 5.41) is 8.29. The average molecular weight is 753 g/mol. The summed E-state index contributed by atoms with van der Waals surface area (Å²) in [5.41, 5.74) is 0.904. The monoisotopic (exact) mass is 753 g/mol. The van der Waals surface area contributed by atoms with Crippen LogP contribution in [0.2, 0.25) is 0 Å². The summed E-state index contributed by atoms with van der Waals surface area (Å²) in [6.45, 7) is 14.8. The fraction of sp³-hybridized carbons (Fsp3) is 0.690. The molecule has 12 heteroatoms. The number of ether oxygens (including phenoxy) is 2. The second kappa shape index (κ2) is 20.9. The van der Waals surface area contributed by atoms with Crippen LogP contribution in [0.1, 0.15) is 79.8 Å². The van der Waals surface area contributed by atoms with Crippen molar-refractivity contribution < 1.29 is 28.7 Å². The molecular formula is C42H68N6O6. The highest BCUT2D eigenvalue weighted by Gasteiger charge is 2.43. The van der Waals surface area contributed by atoms with E-state index in [1.807, 2.05) is 89.0 Å². The molecule has 1 fully saturated rings. The fourth-order valence-corrected chi connectivity index (χ4v) is 8.15. The molecule has 2 heterocycles. The molecule has 2 N–H and O–H groups in total. The van der Waals surface area contributed by atoms with Crippen molar-refractivity contribution in [1.82, 2.24) is 30.3 Å². The Bertz CT molecular complexity index is 1530. The van der Waals surface area contributed by atoms with Crippen molar-refractivity contribution in [2.45, 2.75) is 117 Å². The molecule has 1 aliphatic rings. The van der Waals surface area contributed by atoms with E-state index in [9.17, 15) is 19.2 Å². The van der Waals surface area contributed by atoms with Crippen molar-refractivity contribution in [2.24, 2.45) is 23.7 Å². The molecule has 0 spiro atoms. The number of benzene rings is 1. The van der Waals surface area contributed by atoms with E-state index in [0.29, 0.717) is 25.9 Å². The normalized spacial score (nSPS) is 18.6. The Hall–Kier alpha value is -3.61. The number of fused-ring (bicyclic) bond motifs is 1. The Balaban J connectivity index is 1.71. The van der Waals surface area contributed by atoms with Gasteiger partial charge in [-0.15, -0.1) is 0 Å². The summed E-state index contributed by atoms with van der Waals surface area (Å²) in [4.78, 5) is 65.2. The number of nitrogens with one attached hydrogen (secondary N) is 2. The summed E-state index contributed by atoms with van der Waals surface area (Å²) in [6, 6.07) is 8.27. The Labute approximate surface area is 324 Å². The molecule has 0 saturated carbocycles. The second-order valence-electron chi connectivity index (χ2n) is 16.0. The summed E-state index contributed by atoms with van der Waals surface area (Å²) < 4.78 is 12.0. The molecule has 0 bridgehead atoms. The van der Waals surface area contributed by atoms with Crippen LogP contribution in [-0.4, -0.2) is 128 Å². The molecule has 8 atom stereocenters. The van der Waals surface area contributed by atoms with Gasteiger partial charge >= 0.3 is 0 Å². The quantitative estimate of drug-likeness (QED) is 0.202. The number of carbonyl (C=O) groups excluding carboxylic acids is 4. The van der Waals surface area contributed by atoms with Gasteiger partial charge in [0, 0.05) is 58.1 Å². The molecule has 302 valence electrons. The van der Waals surface area contributed by atoms with Crippen LogP contribution in [0, 0.1) is 23.7 Å². The average Bonchev–Trinajstić information content (AvgIpc) is 3.62. The topological polar surface area (TPSA) is 133 Å². The number of nitrogens with zero attached hydrogens (tertiary/aromatic N) is 4. The van der Waals surface area contributed by atoms with Crippen LogP contribution in [-0.2, 0) is 35.1 Å². The zero-order valence-electron chi connectivity index (χ0n) is 34.9. The van der Waals surface area contributed by atoms with Gasteiger partial charge in [0.1, 0.15) is 6.04 Å².